The van der Waals surface area contributed by atoms with Gasteiger partial charge in [-0.15, -0.1) is 0 Å². The highest BCUT2D eigenvalue weighted by atomic mass is 16.3. The van der Waals surface area contributed by atoms with Crippen LogP contribution in [0.5, 0.6) is 0 Å². The highest BCUT2D eigenvalue weighted by molar-refractivity contribution is 4.89. The van der Waals surface area contributed by atoms with E-state index in [0.29, 0.717) is 5.41 Å². The van der Waals surface area contributed by atoms with Crippen molar-refractivity contribution in [3.8, 4) is 0 Å². The quantitative estimate of drug-likeness (QED) is 0.698. The molecule has 3 nitrogen and oxygen atoms in total. The molecule has 1 atom stereocenters. The van der Waals surface area contributed by atoms with E-state index in [4.69, 9.17) is 0 Å². The summed E-state index contributed by atoms with van der Waals surface area (Å²) in [5, 5.41) is 13.1. The van der Waals surface area contributed by atoms with Crippen LogP contribution in [0.3, 0.4) is 0 Å². The molecule has 0 aliphatic heterocycles. The van der Waals surface area contributed by atoms with Crippen LogP contribution in [0.2, 0.25) is 0 Å². The van der Waals surface area contributed by atoms with E-state index in [1.54, 1.807) is 0 Å². The molecule has 0 spiro atoms. The fourth-order valence-corrected chi connectivity index (χ4v) is 3.23. The molecule has 0 bridgehead atoms. The molecule has 0 radical (unpaired) electrons. The molecule has 0 aromatic heterocycles. The number of hydrogen-bond acceptors (Lipinski definition) is 3. The van der Waals surface area contributed by atoms with Gasteiger partial charge in [0.1, 0.15) is 0 Å². The van der Waals surface area contributed by atoms with Gasteiger partial charge in [-0.05, 0) is 44.7 Å². The second kappa shape index (κ2) is 7.46. The number of nitrogens with one attached hydrogen (secondary N) is 1. The van der Waals surface area contributed by atoms with E-state index in [-0.39, 0.29) is 6.10 Å². The Morgan fingerprint density at radius 3 is 2.33 bits per heavy atom. The molecule has 1 unspecified atom stereocenters. The van der Waals surface area contributed by atoms with Crippen molar-refractivity contribution in [2.75, 3.05) is 33.2 Å². The Morgan fingerprint density at radius 1 is 1.22 bits per heavy atom. The molecule has 0 amide bonds. The number of aliphatic hydroxyl groups excluding tert-OH is 1. The zero-order valence-electron chi connectivity index (χ0n) is 12.7. The Labute approximate surface area is 113 Å². The van der Waals surface area contributed by atoms with Crippen LogP contribution in [0.4, 0.5) is 0 Å². The SMILES string of the molecule is CC(C)CNCC1(CN(C)CC(C)O)CCCC1. The molecule has 2 N–H and O–H groups in total. The minimum absolute atomic E-state index is 0.225. The average molecular weight is 256 g/mol. The topological polar surface area (TPSA) is 35.5 Å². The zero-order chi connectivity index (χ0) is 13.6. The van der Waals surface area contributed by atoms with Crippen molar-refractivity contribution in [1.82, 2.24) is 10.2 Å². The van der Waals surface area contributed by atoms with Gasteiger partial charge in [0, 0.05) is 19.6 Å². The van der Waals surface area contributed by atoms with Crippen LogP contribution in [0.1, 0.15) is 46.5 Å². The van der Waals surface area contributed by atoms with Crippen molar-refractivity contribution in [1.29, 1.82) is 0 Å². The monoisotopic (exact) mass is 256 g/mol. The average Bonchev–Trinajstić information content (AvgIpc) is 2.64. The minimum atomic E-state index is -0.225. The maximum atomic E-state index is 9.47. The van der Waals surface area contributed by atoms with Crippen molar-refractivity contribution in [3.63, 3.8) is 0 Å². The first-order chi connectivity index (χ1) is 8.43. The Hall–Kier alpha value is -0.120. The Balaban J connectivity index is 2.42. The first-order valence-corrected chi connectivity index (χ1v) is 7.51. The van der Waals surface area contributed by atoms with Crippen molar-refractivity contribution in [2.45, 2.75) is 52.6 Å². The molecule has 0 heterocycles. The van der Waals surface area contributed by atoms with Crippen molar-refractivity contribution < 1.29 is 5.11 Å². The third-order valence-corrected chi connectivity index (χ3v) is 3.90. The molecule has 0 aromatic carbocycles. The number of nitrogens with zero attached hydrogens (tertiary/aromatic N) is 1. The summed E-state index contributed by atoms with van der Waals surface area (Å²) < 4.78 is 0. The number of rotatable bonds is 8. The first-order valence-electron chi connectivity index (χ1n) is 7.51. The zero-order valence-corrected chi connectivity index (χ0v) is 12.7. The van der Waals surface area contributed by atoms with Gasteiger partial charge < -0.3 is 15.3 Å². The van der Waals surface area contributed by atoms with Gasteiger partial charge in [-0.25, -0.2) is 0 Å². The molecule has 1 saturated carbocycles. The fraction of sp³-hybridized carbons (Fsp3) is 1.00. The van der Waals surface area contributed by atoms with E-state index >= 15 is 0 Å². The lowest BCUT2D eigenvalue weighted by Crippen LogP contribution is -2.43. The third-order valence-electron chi connectivity index (χ3n) is 3.90. The Kier molecular flexibility index (Phi) is 6.61. The third kappa shape index (κ3) is 5.68. The largest absolute Gasteiger partial charge is 0.392 e. The van der Waals surface area contributed by atoms with Crippen molar-refractivity contribution in [2.24, 2.45) is 11.3 Å². The maximum Gasteiger partial charge on any atom is 0.0638 e. The molecular formula is C15H32N2O. The van der Waals surface area contributed by atoms with Crippen molar-refractivity contribution in [3.05, 3.63) is 0 Å². The minimum Gasteiger partial charge on any atom is -0.392 e. The summed E-state index contributed by atoms with van der Waals surface area (Å²) in [6, 6.07) is 0. The molecule has 1 aliphatic carbocycles. The second-order valence-corrected chi connectivity index (χ2v) is 6.78. The molecule has 0 saturated heterocycles. The molecule has 1 rings (SSSR count). The van der Waals surface area contributed by atoms with Gasteiger partial charge in [0.05, 0.1) is 6.10 Å². The van der Waals surface area contributed by atoms with Crippen LogP contribution in [-0.2, 0) is 0 Å². The van der Waals surface area contributed by atoms with E-state index in [1.807, 2.05) is 6.92 Å². The Bertz CT molecular complexity index is 223. The van der Waals surface area contributed by atoms with E-state index in [0.717, 1.165) is 32.1 Å². The smallest absolute Gasteiger partial charge is 0.0638 e. The summed E-state index contributed by atoms with van der Waals surface area (Å²) in [7, 11) is 2.13. The van der Waals surface area contributed by atoms with Crippen LogP contribution >= 0.6 is 0 Å². The molecule has 0 aromatic rings. The fourth-order valence-electron chi connectivity index (χ4n) is 3.23. The molecular weight excluding hydrogens is 224 g/mol. The van der Waals surface area contributed by atoms with Crippen molar-refractivity contribution >= 4 is 0 Å². The lowest BCUT2D eigenvalue weighted by Gasteiger charge is -2.34. The van der Waals surface area contributed by atoms with Gasteiger partial charge in [0.2, 0.25) is 0 Å². The molecule has 108 valence electrons. The summed E-state index contributed by atoms with van der Waals surface area (Å²) in [4.78, 5) is 2.30. The number of likely N-dealkylation sites (N-methyl/N-ethyl adjacent to an activating group) is 1. The number of hydrogen-bond donors (Lipinski definition) is 2. The predicted molar refractivity (Wildman–Crippen MR) is 77.8 cm³/mol. The summed E-state index contributed by atoms with van der Waals surface area (Å²) in [5.41, 5.74) is 0.443. The normalized spacial score (nSPS) is 20.8. The lowest BCUT2D eigenvalue weighted by molar-refractivity contribution is 0.105. The first kappa shape index (κ1) is 15.9. The molecule has 3 heteroatoms. The molecule has 18 heavy (non-hydrogen) atoms. The van der Waals surface area contributed by atoms with E-state index in [2.05, 4.69) is 31.1 Å². The maximum absolute atomic E-state index is 9.47. The lowest BCUT2D eigenvalue weighted by atomic mass is 9.85. The summed E-state index contributed by atoms with van der Waals surface area (Å²) >= 11 is 0. The Morgan fingerprint density at radius 2 is 1.83 bits per heavy atom. The highest BCUT2D eigenvalue weighted by Gasteiger charge is 2.34. The van der Waals surface area contributed by atoms with Crippen LogP contribution in [0.25, 0.3) is 0 Å². The van der Waals surface area contributed by atoms with Gasteiger partial charge in [0.15, 0.2) is 0 Å². The molecule has 1 fully saturated rings. The van der Waals surface area contributed by atoms with Crippen LogP contribution < -0.4 is 5.32 Å². The molecule has 1 aliphatic rings. The van der Waals surface area contributed by atoms with E-state index in [9.17, 15) is 5.11 Å². The van der Waals surface area contributed by atoms with Gasteiger partial charge in [-0.1, -0.05) is 26.7 Å². The second-order valence-electron chi connectivity index (χ2n) is 6.78. The highest BCUT2D eigenvalue weighted by Crippen LogP contribution is 2.38. The summed E-state index contributed by atoms with van der Waals surface area (Å²) in [5.74, 6) is 0.721. The van der Waals surface area contributed by atoms with E-state index in [1.165, 1.54) is 25.7 Å². The summed E-state index contributed by atoms with van der Waals surface area (Å²) in [6.45, 7) is 10.5. The van der Waals surface area contributed by atoms with Gasteiger partial charge in [-0.3, -0.25) is 0 Å². The van der Waals surface area contributed by atoms with Gasteiger partial charge >= 0.3 is 0 Å². The van der Waals surface area contributed by atoms with Crippen LogP contribution in [-0.4, -0.2) is 49.3 Å². The summed E-state index contributed by atoms with van der Waals surface area (Å²) in [6.07, 6.45) is 5.18. The van der Waals surface area contributed by atoms with E-state index < -0.39 is 0 Å². The van der Waals surface area contributed by atoms with Gasteiger partial charge in [-0.2, -0.15) is 0 Å². The standard InChI is InChI=1S/C15H32N2O/c1-13(2)9-16-11-15(7-5-6-8-15)12-17(4)10-14(3)18/h13-14,16,18H,5-12H2,1-4H3. The number of aliphatic hydroxyl groups is 1. The van der Waals surface area contributed by atoms with Crippen LogP contribution in [0.15, 0.2) is 0 Å². The van der Waals surface area contributed by atoms with Crippen LogP contribution in [0, 0.1) is 11.3 Å². The van der Waals surface area contributed by atoms with Gasteiger partial charge in [0.25, 0.3) is 0 Å². The predicted octanol–water partition coefficient (Wildman–Crippen LogP) is 2.10.